The van der Waals surface area contributed by atoms with Crippen molar-refractivity contribution >= 4 is 17.6 Å². The number of hydrogen-bond donors (Lipinski definition) is 1. The van der Waals surface area contributed by atoms with Crippen molar-refractivity contribution in [2.24, 2.45) is 0 Å². The fourth-order valence-electron chi connectivity index (χ4n) is 2.83. The molecule has 0 radical (unpaired) electrons. The van der Waals surface area contributed by atoms with E-state index in [4.69, 9.17) is 9.47 Å². The fraction of sp³-hybridized carbons (Fsp3) is 0.333. The molecule has 1 N–H and O–H groups in total. The second-order valence-corrected chi connectivity index (χ2v) is 6.71. The van der Waals surface area contributed by atoms with Crippen molar-refractivity contribution in [1.82, 2.24) is 5.32 Å². The largest absolute Gasteiger partial charge is 0.463 e. The zero-order valence-electron chi connectivity index (χ0n) is 16.6. The van der Waals surface area contributed by atoms with Gasteiger partial charge in [0.05, 0.1) is 35.7 Å². The van der Waals surface area contributed by atoms with E-state index in [9.17, 15) is 19.7 Å². The number of nitrogens with zero attached hydrogens (tertiary/aromatic N) is 1. The molecule has 2 aromatic rings. The highest BCUT2D eigenvalue weighted by Gasteiger charge is 2.27. The first-order valence-corrected chi connectivity index (χ1v) is 9.13. The van der Waals surface area contributed by atoms with Crippen LogP contribution >= 0.6 is 0 Å². The number of nitro benzene ring substituents is 1. The molecule has 0 saturated heterocycles. The molecule has 0 saturated carbocycles. The summed E-state index contributed by atoms with van der Waals surface area (Å²) < 4.78 is 10.2. The van der Waals surface area contributed by atoms with Crippen LogP contribution < -0.4 is 5.32 Å². The normalized spacial score (nSPS) is 11.7. The minimum Gasteiger partial charge on any atom is -0.463 e. The molecule has 8 nitrogen and oxygen atoms in total. The molecule has 0 aliphatic heterocycles. The van der Waals surface area contributed by atoms with Gasteiger partial charge in [-0.05, 0) is 31.5 Å². The molecule has 1 atom stereocenters. The van der Waals surface area contributed by atoms with Crippen LogP contribution in [0, 0.1) is 10.1 Å². The summed E-state index contributed by atoms with van der Waals surface area (Å²) in [6, 6.07) is 11.9. The molecule has 0 bridgehead atoms. The van der Waals surface area contributed by atoms with E-state index in [1.807, 2.05) is 0 Å². The minimum absolute atomic E-state index is 0.175. The van der Waals surface area contributed by atoms with Gasteiger partial charge in [0.15, 0.2) is 0 Å². The predicted molar refractivity (Wildman–Crippen MR) is 106 cm³/mol. The number of amides is 1. The van der Waals surface area contributed by atoms with Crippen molar-refractivity contribution in [1.29, 1.82) is 0 Å². The highest BCUT2D eigenvalue weighted by molar-refractivity contribution is 5.94. The molecule has 1 unspecified atom stereocenters. The maximum absolute atomic E-state index is 12.7. The van der Waals surface area contributed by atoms with Crippen LogP contribution in [-0.2, 0) is 20.9 Å². The zero-order valence-corrected chi connectivity index (χ0v) is 16.6. The summed E-state index contributed by atoms with van der Waals surface area (Å²) in [5.41, 5.74) is 1.33. The second-order valence-electron chi connectivity index (χ2n) is 6.71. The number of hydrogen-bond acceptors (Lipinski definition) is 6. The first kappa shape index (κ1) is 22.0. The fourth-order valence-corrected chi connectivity index (χ4v) is 2.83. The van der Waals surface area contributed by atoms with Gasteiger partial charge in [0.25, 0.3) is 11.6 Å². The topological polar surface area (TPSA) is 108 Å². The third-order valence-electron chi connectivity index (χ3n) is 4.08. The van der Waals surface area contributed by atoms with Crippen LogP contribution in [0.4, 0.5) is 5.69 Å². The molecule has 154 valence electrons. The Bertz CT molecular complexity index is 864. The molecule has 0 heterocycles. The van der Waals surface area contributed by atoms with E-state index in [0.717, 1.165) is 5.56 Å². The van der Waals surface area contributed by atoms with Crippen molar-refractivity contribution in [3.8, 4) is 0 Å². The summed E-state index contributed by atoms with van der Waals surface area (Å²) in [6.45, 7) is 3.83. The number of carbonyl (C=O) groups excluding carboxylic acids is 2. The lowest BCUT2D eigenvalue weighted by atomic mass is 10.0. The van der Waals surface area contributed by atoms with Gasteiger partial charge in [0, 0.05) is 18.7 Å². The number of ether oxygens (including phenoxy) is 2. The minimum atomic E-state index is -0.908. The van der Waals surface area contributed by atoms with Gasteiger partial charge in [-0.2, -0.15) is 0 Å². The molecule has 0 spiro atoms. The Morgan fingerprint density at radius 3 is 2.34 bits per heavy atom. The van der Waals surface area contributed by atoms with Crippen LogP contribution in [0.25, 0.3) is 0 Å². The van der Waals surface area contributed by atoms with Gasteiger partial charge in [-0.1, -0.05) is 30.3 Å². The summed E-state index contributed by atoms with van der Waals surface area (Å²) in [5.74, 6) is -1.01. The molecule has 29 heavy (non-hydrogen) atoms. The quantitative estimate of drug-likeness (QED) is 0.392. The molecule has 2 rings (SSSR count). The SMILES string of the molecule is COCc1ccc(C(=O)NC(CC(=O)OC(C)C)c2ccccc2[N+](=O)[O-])cc1. The van der Waals surface area contributed by atoms with Crippen LogP contribution in [0.1, 0.15) is 47.8 Å². The van der Waals surface area contributed by atoms with Crippen molar-refractivity contribution in [3.05, 3.63) is 75.3 Å². The average molecular weight is 400 g/mol. The van der Waals surface area contributed by atoms with E-state index in [1.54, 1.807) is 51.3 Å². The number of nitro groups is 1. The molecular formula is C21H24N2O6. The molecule has 8 heteroatoms. The summed E-state index contributed by atoms with van der Waals surface area (Å²) >= 11 is 0. The lowest BCUT2D eigenvalue weighted by Gasteiger charge is -2.19. The standard InChI is InChI=1S/C21H24N2O6/c1-14(2)29-20(24)12-18(17-6-4-5-7-19(17)23(26)27)22-21(25)16-10-8-15(9-11-16)13-28-3/h4-11,14,18H,12-13H2,1-3H3,(H,22,25). The van der Waals surface area contributed by atoms with E-state index < -0.39 is 22.8 Å². The molecule has 2 aromatic carbocycles. The number of nitrogens with one attached hydrogen (secondary N) is 1. The third-order valence-corrected chi connectivity index (χ3v) is 4.08. The van der Waals surface area contributed by atoms with Crippen LogP contribution in [-0.4, -0.2) is 30.0 Å². The summed E-state index contributed by atoms with van der Waals surface area (Å²) in [4.78, 5) is 35.8. The molecule has 0 aliphatic carbocycles. The van der Waals surface area contributed by atoms with Crippen molar-refractivity contribution in [2.45, 2.75) is 39.0 Å². The zero-order chi connectivity index (χ0) is 21.4. The predicted octanol–water partition coefficient (Wildman–Crippen LogP) is 3.55. The molecule has 0 aromatic heterocycles. The highest BCUT2D eigenvalue weighted by Crippen LogP contribution is 2.28. The molecular weight excluding hydrogens is 376 g/mol. The van der Waals surface area contributed by atoms with Gasteiger partial charge in [-0.25, -0.2) is 0 Å². The Hall–Kier alpha value is -3.26. The van der Waals surface area contributed by atoms with E-state index in [2.05, 4.69) is 5.32 Å². The van der Waals surface area contributed by atoms with Crippen LogP contribution in [0.15, 0.2) is 48.5 Å². The average Bonchev–Trinajstić information content (AvgIpc) is 2.67. The van der Waals surface area contributed by atoms with E-state index in [1.165, 1.54) is 18.2 Å². The van der Waals surface area contributed by atoms with E-state index in [0.29, 0.717) is 12.2 Å². The maximum atomic E-state index is 12.7. The van der Waals surface area contributed by atoms with Crippen molar-refractivity contribution in [2.75, 3.05) is 7.11 Å². The van der Waals surface area contributed by atoms with Gasteiger partial charge in [-0.3, -0.25) is 19.7 Å². The molecule has 0 aliphatic rings. The number of esters is 1. The Labute approximate surface area is 169 Å². The van der Waals surface area contributed by atoms with Gasteiger partial charge in [0.2, 0.25) is 0 Å². The summed E-state index contributed by atoms with van der Waals surface area (Å²) in [6.07, 6.45) is -0.561. The second kappa shape index (κ2) is 10.3. The molecule has 0 fully saturated rings. The number of benzene rings is 2. The number of para-hydroxylation sites is 1. The first-order chi connectivity index (χ1) is 13.8. The lowest BCUT2D eigenvalue weighted by Crippen LogP contribution is -2.31. The monoisotopic (exact) mass is 400 g/mol. The smallest absolute Gasteiger partial charge is 0.308 e. The Kier molecular flexibility index (Phi) is 7.85. The van der Waals surface area contributed by atoms with Crippen LogP contribution in [0.5, 0.6) is 0 Å². The highest BCUT2D eigenvalue weighted by atomic mass is 16.6. The number of rotatable bonds is 9. The first-order valence-electron chi connectivity index (χ1n) is 9.13. The third kappa shape index (κ3) is 6.39. The summed E-state index contributed by atoms with van der Waals surface area (Å²) in [5, 5.41) is 14.1. The molecule has 1 amide bonds. The number of carbonyl (C=O) groups is 2. The van der Waals surface area contributed by atoms with Gasteiger partial charge < -0.3 is 14.8 Å². The van der Waals surface area contributed by atoms with E-state index in [-0.39, 0.29) is 23.8 Å². The Balaban J connectivity index is 2.28. The van der Waals surface area contributed by atoms with Crippen LogP contribution in [0.2, 0.25) is 0 Å². The van der Waals surface area contributed by atoms with Gasteiger partial charge >= 0.3 is 5.97 Å². The summed E-state index contributed by atoms with van der Waals surface area (Å²) in [7, 11) is 1.58. The van der Waals surface area contributed by atoms with Crippen LogP contribution in [0.3, 0.4) is 0 Å². The number of methoxy groups -OCH3 is 1. The van der Waals surface area contributed by atoms with E-state index >= 15 is 0 Å². The van der Waals surface area contributed by atoms with Crippen molar-refractivity contribution in [3.63, 3.8) is 0 Å². The Morgan fingerprint density at radius 2 is 1.76 bits per heavy atom. The lowest BCUT2D eigenvalue weighted by molar-refractivity contribution is -0.385. The van der Waals surface area contributed by atoms with Gasteiger partial charge in [0.1, 0.15) is 0 Å². The van der Waals surface area contributed by atoms with Crippen molar-refractivity contribution < 1.29 is 24.0 Å². The van der Waals surface area contributed by atoms with Gasteiger partial charge in [-0.15, -0.1) is 0 Å². The maximum Gasteiger partial charge on any atom is 0.308 e. The Morgan fingerprint density at radius 1 is 1.10 bits per heavy atom.